The van der Waals surface area contributed by atoms with E-state index in [1.54, 1.807) is 32.4 Å². The van der Waals surface area contributed by atoms with Gasteiger partial charge in [0, 0.05) is 50.2 Å². The highest BCUT2D eigenvalue weighted by molar-refractivity contribution is 6.30. The smallest absolute Gasteiger partial charge is 0.240 e. The number of nitrogens with two attached hydrogens (primary N) is 1. The number of nitrogens with one attached hydrogen (secondary N) is 1. The lowest BCUT2D eigenvalue weighted by atomic mass is 9.86. The predicted molar refractivity (Wildman–Crippen MR) is 130 cm³/mol. The van der Waals surface area contributed by atoms with E-state index in [1.165, 1.54) is 4.90 Å². The molecule has 174 valence electrons. The third-order valence-electron chi connectivity index (χ3n) is 6.42. The van der Waals surface area contributed by atoms with Crippen molar-refractivity contribution in [3.63, 3.8) is 0 Å². The second-order valence-corrected chi connectivity index (χ2v) is 9.31. The van der Waals surface area contributed by atoms with Gasteiger partial charge in [-0.25, -0.2) is 0 Å². The van der Waals surface area contributed by atoms with E-state index in [9.17, 15) is 9.59 Å². The molecule has 0 spiro atoms. The average molecular weight is 469 g/mol. The van der Waals surface area contributed by atoms with Gasteiger partial charge < -0.3 is 20.9 Å². The molecule has 0 saturated carbocycles. The number of hydrogen-bond donors (Lipinski definition) is 2. The Bertz CT molecular complexity index is 1050. The van der Waals surface area contributed by atoms with Crippen LogP contribution in [0.5, 0.6) is 0 Å². The van der Waals surface area contributed by atoms with Crippen LogP contribution in [-0.2, 0) is 9.59 Å². The first-order valence-corrected chi connectivity index (χ1v) is 11.4. The van der Waals surface area contributed by atoms with E-state index in [2.05, 4.69) is 20.2 Å². The van der Waals surface area contributed by atoms with Crippen molar-refractivity contribution in [1.82, 2.24) is 15.1 Å². The fourth-order valence-corrected chi connectivity index (χ4v) is 4.37. The van der Waals surface area contributed by atoms with Crippen LogP contribution in [-0.4, -0.2) is 72.8 Å². The lowest BCUT2D eigenvalue weighted by Gasteiger charge is -2.40. The summed E-state index contributed by atoms with van der Waals surface area (Å²) in [5.41, 5.74) is 9.51. The molecule has 8 nitrogen and oxygen atoms in total. The van der Waals surface area contributed by atoms with Gasteiger partial charge in [-0.2, -0.15) is 0 Å². The number of halogens is 1. The molecule has 0 aromatic heterocycles. The number of carbonyl (C=O) groups is 2. The maximum absolute atomic E-state index is 13.3. The lowest BCUT2D eigenvalue weighted by Crippen LogP contribution is -2.60. The van der Waals surface area contributed by atoms with E-state index in [0.717, 1.165) is 22.5 Å². The van der Waals surface area contributed by atoms with E-state index >= 15 is 0 Å². The van der Waals surface area contributed by atoms with Crippen molar-refractivity contribution < 1.29 is 9.59 Å². The summed E-state index contributed by atoms with van der Waals surface area (Å²) in [5, 5.41) is 3.63. The second kappa shape index (κ2) is 9.49. The second-order valence-electron chi connectivity index (χ2n) is 8.87. The van der Waals surface area contributed by atoms with Gasteiger partial charge in [0.15, 0.2) is 0 Å². The Hall–Kier alpha value is -2.97. The van der Waals surface area contributed by atoms with Crippen molar-refractivity contribution >= 4 is 35.3 Å². The molecule has 3 heterocycles. The van der Waals surface area contributed by atoms with E-state index in [1.807, 2.05) is 24.4 Å². The van der Waals surface area contributed by atoms with Crippen LogP contribution in [0.3, 0.4) is 0 Å². The first-order valence-electron chi connectivity index (χ1n) is 11.0. The zero-order valence-corrected chi connectivity index (χ0v) is 19.7. The molecule has 1 atom stereocenters. The molecule has 0 radical (unpaired) electrons. The third-order valence-corrected chi connectivity index (χ3v) is 6.67. The van der Waals surface area contributed by atoms with Crippen molar-refractivity contribution in [2.24, 2.45) is 15.7 Å². The minimum Gasteiger partial charge on any atom is -0.370 e. The molecule has 1 unspecified atom stereocenters. The van der Waals surface area contributed by atoms with Crippen LogP contribution >= 0.6 is 11.6 Å². The average Bonchev–Trinajstić information content (AvgIpc) is 3.28. The standard InChI is InChI=1S/C24H29ClN6O2/c1-30(2)22(32)13-19(16-3-5-17(25)6-4-16)29-23(33)24(26)8-11-31(12-9-24)21-15-27-14-20-18(21)7-10-28-20/h3-7,10,15,19H,8-9,11-14,26H2,1-2H3,(H,29,33). The van der Waals surface area contributed by atoms with Crippen molar-refractivity contribution in [3.05, 3.63) is 58.4 Å². The molecule has 3 aliphatic rings. The first-order chi connectivity index (χ1) is 15.8. The predicted octanol–water partition coefficient (Wildman–Crippen LogP) is 2.08. The minimum atomic E-state index is -1.01. The summed E-state index contributed by atoms with van der Waals surface area (Å²) in [6.07, 6.45) is 6.82. The summed E-state index contributed by atoms with van der Waals surface area (Å²) < 4.78 is 0. The Balaban J connectivity index is 1.45. The molecule has 3 N–H and O–H groups in total. The number of likely N-dealkylation sites (tertiary alicyclic amines) is 1. The third kappa shape index (κ3) is 5.02. The molecule has 1 fully saturated rings. The van der Waals surface area contributed by atoms with E-state index < -0.39 is 11.6 Å². The maximum Gasteiger partial charge on any atom is 0.240 e. The van der Waals surface area contributed by atoms with Gasteiger partial charge in [0.05, 0.1) is 36.0 Å². The SMILES string of the molecule is CN(C)C(=O)CC(NC(=O)C1(N)CCN(C2=C3C=CN=C3CN=C2)CC1)c1ccc(Cl)cc1. The molecule has 33 heavy (non-hydrogen) atoms. The number of allylic oxidation sites excluding steroid dienone is 2. The number of aliphatic imine (C=N–C) groups is 2. The van der Waals surface area contributed by atoms with Crippen LogP contribution < -0.4 is 11.1 Å². The Morgan fingerprint density at radius 3 is 2.61 bits per heavy atom. The largest absolute Gasteiger partial charge is 0.370 e. The molecule has 3 aliphatic heterocycles. The molecule has 9 heteroatoms. The molecular formula is C24H29ClN6O2. The Morgan fingerprint density at radius 1 is 1.24 bits per heavy atom. The normalized spacial score (nSPS) is 19.8. The summed E-state index contributed by atoms with van der Waals surface area (Å²) in [4.78, 5) is 38.3. The number of amides is 2. The van der Waals surface area contributed by atoms with Crippen LogP contribution in [0.15, 0.2) is 57.8 Å². The van der Waals surface area contributed by atoms with Gasteiger partial charge in [-0.15, -0.1) is 0 Å². The number of hydrogen-bond acceptors (Lipinski definition) is 6. The monoisotopic (exact) mass is 468 g/mol. The Labute approximate surface area is 198 Å². The Morgan fingerprint density at radius 2 is 1.94 bits per heavy atom. The lowest BCUT2D eigenvalue weighted by molar-refractivity contribution is -0.131. The van der Waals surface area contributed by atoms with Gasteiger partial charge in [-0.1, -0.05) is 23.7 Å². The molecular weight excluding hydrogens is 440 g/mol. The van der Waals surface area contributed by atoms with Crippen molar-refractivity contribution in [2.45, 2.75) is 30.8 Å². The molecule has 1 aromatic carbocycles. The summed E-state index contributed by atoms with van der Waals surface area (Å²) in [7, 11) is 3.40. The van der Waals surface area contributed by atoms with Gasteiger partial charge in [0.25, 0.3) is 0 Å². The van der Waals surface area contributed by atoms with Gasteiger partial charge in [0.2, 0.25) is 11.8 Å². The van der Waals surface area contributed by atoms with Crippen LogP contribution in [0.25, 0.3) is 0 Å². The number of nitrogens with zero attached hydrogens (tertiary/aromatic N) is 4. The highest BCUT2D eigenvalue weighted by Gasteiger charge is 2.40. The molecule has 0 bridgehead atoms. The highest BCUT2D eigenvalue weighted by Crippen LogP contribution is 2.28. The van der Waals surface area contributed by atoms with Gasteiger partial charge in [0.1, 0.15) is 0 Å². The van der Waals surface area contributed by atoms with Crippen LogP contribution in [0.4, 0.5) is 0 Å². The van der Waals surface area contributed by atoms with Crippen molar-refractivity contribution in [1.29, 1.82) is 0 Å². The summed E-state index contributed by atoms with van der Waals surface area (Å²) in [6, 6.07) is 6.67. The number of benzene rings is 1. The zero-order valence-electron chi connectivity index (χ0n) is 18.9. The number of dihydropyridines is 1. The minimum absolute atomic E-state index is 0.0803. The molecule has 2 amide bonds. The first kappa shape index (κ1) is 23.2. The summed E-state index contributed by atoms with van der Waals surface area (Å²) in [5.74, 6) is -0.324. The molecule has 0 aliphatic carbocycles. The van der Waals surface area contributed by atoms with Crippen molar-refractivity contribution in [3.8, 4) is 0 Å². The van der Waals surface area contributed by atoms with Gasteiger partial charge in [-0.05, 0) is 36.6 Å². The Kier molecular flexibility index (Phi) is 6.67. The summed E-state index contributed by atoms with van der Waals surface area (Å²) in [6.45, 7) is 1.87. The number of fused-ring (bicyclic) bond motifs is 1. The number of carbonyl (C=O) groups excluding carboxylic acids is 2. The number of piperidine rings is 1. The van der Waals surface area contributed by atoms with E-state index in [-0.39, 0.29) is 18.2 Å². The molecule has 4 rings (SSSR count). The quantitative estimate of drug-likeness (QED) is 0.667. The topological polar surface area (TPSA) is 103 Å². The van der Waals surface area contributed by atoms with Gasteiger partial charge >= 0.3 is 0 Å². The molecule has 1 aromatic rings. The van der Waals surface area contributed by atoms with E-state index in [0.29, 0.717) is 37.5 Å². The summed E-state index contributed by atoms with van der Waals surface area (Å²) >= 11 is 6.02. The fraction of sp³-hybridized carbons (Fsp3) is 0.417. The molecule has 1 saturated heterocycles. The fourth-order valence-electron chi connectivity index (χ4n) is 4.25. The van der Waals surface area contributed by atoms with E-state index in [4.69, 9.17) is 17.3 Å². The number of rotatable bonds is 6. The van der Waals surface area contributed by atoms with Crippen LogP contribution in [0.2, 0.25) is 5.02 Å². The van der Waals surface area contributed by atoms with Gasteiger partial charge in [-0.3, -0.25) is 19.6 Å². The zero-order chi connectivity index (χ0) is 23.6. The maximum atomic E-state index is 13.3. The van der Waals surface area contributed by atoms with Crippen molar-refractivity contribution in [2.75, 3.05) is 33.7 Å². The van der Waals surface area contributed by atoms with Crippen LogP contribution in [0, 0.1) is 0 Å². The highest BCUT2D eigenvalue weighted by atomic mass is 35.5. The van der Waals surface area contributed by atoms with Crippen LogP contribution in [0.1, 0.15) is 30.9 Å².